The molecule has 0 unspecified atom stereocenters. The van der Waals surface area contributed by atoms with Crippen LogP contribution in [0.1, 0.15) is 13.3 Å². The van der Waals surface area contributed by atoms with Crippen molar-refractivity contribution in [3.8, 4) is 0 Å². The fourth-order valence-corrected chi connectivity index (χ4v) is 2.48. The third kappa shape index (κ3) is 0.817. The number of hydrogen-bond donors (Lipinski definition) is 1. The van der Waals surface area contributed by atoms with E-state index in [1.54, 1.807) is 0 Å². The lowest BCUT2D eigenvalue weighted by atomic mass is 9.85. The summed E-state index contributed by atoms with van der Waals surface area (Å²) in [5.74, 6) is 0.496. The summed E-state index contributed by atoms with van der Waals surface area (Å²) >= 11 is 0. The van der Waals surface area contributed by atoms with Crippen LogP contribution in [-0.4, -0.2) is 11.1 Å². The van der Waals surface area contributed by atoms with Gasteiger partial charge in [-0.3, -0.25) is 4.79 Å². The van der Waals surface area contributed by atoms with Gasteiger partial charge in [0, 0.05) is 0 Å². The molecule has 0 aliphatic heterocycles. The molecule has 0 spiro atoms. The molecular weight excluding hydrogens is 140 g/mol. The molecule has 0 aromatic heterocycles. The quantitative estimate of drug-likeness (QED) is 0.578. The molecule has 2 aliphatic rings. The molecule has 2 aliphatic carbocycles. The maximum Gasteiger partial charge on any atom is 0.307 e. The molecule has 0 amide bonds. The van der Waals surface area contributed by atoms with Crippen LogP contribution in [0.25, 0.3) is 0 Å². The number of fused-ring (bicyclic) bond motifs is 2. The van der Waals surface area contributed by atoms with Crippen molar-refractivity contribution in [2.75, 3.05) is 0 Å². The van der Waals surface area contributed by atoms with E-state index < -0.39 is 5.97 Å². The van der Waals surface area contributed by atoms with E-state index in [9.17, 15) is 4.79 Å². The number of carbonyl (C=O) groups is 1. The number of aliphatic carboxylic acids is 1. The van der Waals surface area contributed by atoms with Gasteiger partial charge in [0.15, 0.2) is 0 Å². The minimum absolute atomic E-state index is 0.106. The summed E-state index contributed by atoms with van der Waals surface area (Å²) in [4.78, 5) is 10.8. The highest BCUT2D eigenvalue weighted by atomic mass is 16.4. The second kappa shape index (κ2) is 2.10. The summed E-state index contributed by atoms with van der Waals surface area (Å²) in [7, 11) is 0. The van der Waals surface area contributed by atoms with E-state index in [1.807, 2.05) is 6.92 Å². The number of carboxylic acids is 1. The summed E-state index contributed by atoms with van der Waals surface area (Å²) < 4.78 is 0. The van der Waals surface area contributed by atoms with Crippen LogP contribution in [0.5, 0.6) is 0 Å². The average Bonchev–Trinajstić information content (AvgIpc) is 2.44. The minimum atomic E-state index is -0.616. The van der Waals surface area contributed by atoms with Gasteiger partial charge in [-0.25, -0.2) is 0 Å². The van der Waals surface area contributed by atoms with E-state index >= 15 is 0 Å². The molecule has 0 radical (unpaired) electrons. The Morgan fingerprint density at radius 3 is 2.45 bits per heavy atom. The van der Waals surface area contributed by atoms with Crippen molar-refractivity contribution in [1.29, 1.82) is 0 Å². The molecule has 2 rings (SSSR count). The molecule has 2 nitrogen and oxygen atoms in total. The van der Waals surface area contributed by atoms with E-state index in [4.69, 9.17) is 5.11 Å². The van der Waals surface area contributed by atoms with Crippen LogP contribution < -0.4 is 0 Å². The van der Waals surface area contributed by atoms with Crippen molar-refractivity contribution in [2.24, 2.45) is 23.7 Å². The molecular formula is C9H12O2. The third-order valence-electron chi connectivity index (χ3n) is 3.14. The highest BCUT2D eigenvalue weighted by molar-refractivity contribution is 5.72. The van der Waals surface area contributed by atoms with Crippen LogP contribution in [0.2, 0.25) is 0 Å². The van der Waals surface area contributed by atoms with Crippen molar-refractivity contribution >= 4 is 5.97 Å². The smallest absolute Gasteiger partial charge is 0.307 e. The first-order valence-corrected chi connectivity index (χ1v) is 4.11. The van der Waals surface area contributed by atoms with E-state index in [-0.39, 0.29) is 5.92 Å². The Morgan fingerprint density at radius 2 is 2.09 bits per heavy atom. The summed E-state index contributed by atoms with van der Waals surface area (Å²) in [5, 5.41) is 8.87. The molecule has 1 saturated carbocycles. The van der Waals surface area contributed by atoms with Gasteiger partial charge in [0.05, 0.1) is 5.92 Å². The molecule has 4 atom stereocenters. The van der Waals surface area contributed by atoms with Gasteiger partial charge >= 0.3 is 5.97 Å². The second-order valence-corrected chi connectivity index (χ2v) is 3.67. The van der Waals surface area contributed by atoms with Gasteiger partial charge < -0.3 is 5.11 Å². The first-order valence-electron chi connectivity index (χ1n) is 4.11. The van der Waals surface area contributed by atoms with Crippen molar-refractivity contribution in [2.45, 2.75) is 13.3 Å². The Bertz CT molecular complexity index is 220. The number of hydrogen-bond acceptors (Lipinski definition) is 1. The zero-order valence-corrected chi connectivity index (χ0v) is 6.53. The van der Waals surface area contributed by atoms with Gasteiger partial charge in [-0.15, -0.1) is 0 Å². The molecule has 1 N–H and O–H groups in total. The lowest BCUT2D eigenvalue weighted by Crippen LogP contribution is -2.25. The van der Waals surface area contributed by atoms with Crippen molar-refractivity contribution < 1.29 is 9.90 Å². The van der Waals surface area contributed by atoms with Crippen LogP contribution in [0, 0.1) is 23.7 Å². The highest BCUT2D eigenvalue weighted by Gasteiger charge is 2.45. The molecule has 0 aromatic rings. The van der Waals surface area contributed by atoms with Gasteiger partial charge in [0.1, 0.15) is 0 Å². The van der Waals surface area contributed by atoms with Gasteiger partial charge in [-0.1, -0.05) is 19.1 Å². The summed E-state index contributed by atoms with van der Waals surface area (Å²) in [6, 6.07) is 0. The Hall–Kier alpha value is -0.790. The summed E-state index contributed by atoms with van der Waals surface area (Å²) in [5.41, 5.74) is 0. The predicted octanol–water partition coefficient (Wildman–Crippen LogP) is 1.53. The average molecular weight is 152 g/mol. The lowest BCUT2D eigenvalue weighted by Gasteiger charge is -2.19. The second-order valence-electron chi connectivity index (χ2n) is 3.67. The summed E-state index contributed by atoms with van der Waals surface area (Å²) in [6.07, 6.45) is 5.32. The molecule has 1 fully saturated rings. The SMILES string of the molecule is C[C@@H]1[C@@H](C(=O)O)[C@H]2C=C[C@@H]1C2. The van der Waals surface area contributed by atoms with Crippen molar-refractivity contribution in [3.63, 3.8) is 0 Å². The molecule has 60 valence electrons. The van der Waals surface area contributed by atoms with Crippen LogP contribution in [0.4, 0.5) is 0 Å². The fourth-order valence-electron chi connectivity index (χ4n) is 2.48. The Balaban J connectivity index is 2.25. The molecule has 2 bridgehead atoms. The number of rotatable bonds is 1. The summed E-state index contributed by atoms with van der Waals surface area (Å²) in [6.45, 7) is 2.05. The van der Waals surface area contributed by atoms with Crippen LogP contribution in [0.3, 0.4) is 0 Å². The van der Waals surface area contributed by atoms with Gasteiger partial charge in [0.2, 0.25) is 0 Å². The first kappa shape index (κ1) is 6.89. The lowest BCUT2D eigenvalue weighted by molar-refractivity contribution is -0.144. The topological polar surface area (TPSA) is 37.3 Å². The zero-order valence-electron chi connectivity index (χ0n) is 6.53. The van der Waals surface area contributed by atoms with Gasteiger partial charge in [0.25, 0.3) is 0 Å². The van der Waals surface area contributed by atoms with Gasteiger partial charge in [-0.05, 0) is 24.2 Å². The fraction of sp³-hybridized carbons (Fsp3) is 0.667. The zero-order chi connectivity index (χ0) is 8.01. The van der Waals surface area contributed by atoms with Crippen molar-refractivity contribution in [1.82, 2.24) is 0 Å². The Morgan fingerprint density at radius 1 is 1.45 bits per heavy atom. The largest absolute Gasteiger partial charge is 0.481 e. The first-order chi connectivity index (χ1) is 5.20. The normalized spacial score (nSPS) is 46.6. The number of allylic oxidation sites excluding steroid dienone is 2. The Labute approximate surface area is 65.9 Å². The molecule has 0 aromatic carbocycles. The molecule has 2 heteroatoms. The van der Waals surface area contributed by atoms with Crippen LogP contribution >= 0.6 is 0 Å². The van der Waals surface area contributed by atoms with Crippen molar-refractivity contribution in [3.05, 3.63) is 12.2 Å². The maximum absolute atomic E-state index is 10.8. The molecule has 11 heavy (non-hydrogen) atoms. The molecule has 0 heterocycles. The van der Waals surface area contributed by atoms with Crippen LogP contribution in [0.15, 0.2) is 12.2 Å². The van der Waals surface area contributed by atoms with E-state index in [2.05, 4.69) is 12.2 Å². The maximum atomic E-state index is 10.8. The van der Waals surface area contributed by atoms with E-state index in [0.29, 0.717) is 17.8 Å². The number of carboxylic acid groups (broad SMARTS) is 1. The highest BCUT2D eigenvalue weighted by Crippen LogP contribution is 2.47. The van der Waals surface area contributed by atoms with E-state index in [0.717, 1.165) is 6.42 Å². The van der Waals surface area contributed by atoms with E-state index in [1.165, 1.54) is 0 Å². The Kier molecular flexibility index (Phi) is 1.31. The minimum Gasteiger partial charge on any atom is -0.481 e. The molecule has 0 saturated heterocycles. The van der Waals surface area contributed by atoms with Gasteiger partial charge in [-0.2, -0.15) is 0 Å². The predicted molar refractivity (Wildman–Crippen MR) is 41.0 cm³/mol. The monoisotopic (exact) mass is 152 g/mol. The standard InChI is InChI=1S/C9H12O2/c1-5-6-2-3-7(4-6)8(5)9(10)11/h2-3,5-8H,4H2,1H3,(H,10,11)/t5-,6+,7-,8+/m0/s1. The van der Waals surface area contributed by atoms with Crippen LogP contribution in [-0.2, 0) is 4.79 Å². The third-order valence-corrected chi connectivity index (χ3v) is 3.14.